The van der Waals surface area contributed by atoms with Gasteiger partial charge in [0.2, 0.25) is 0 Å². The smallest absolute Gasteiger partial charge is 0.144 e. The maximum atomic E-state index is 13.3. The van der Waals surface area contributed by atoms with Crippen molar-refractivity contribution in [1.29, 1.82) is 0 Å². The highest BCUT2D eigenvalue weighted by atomic mass is 19.1. The Morgan fingerprint density at radius 3 is 2.75 bits per heavy atom. The quantitative estimate of drug-likeness (QED) is 0.729. The number of ether oxygens (including phenoxy) is 1. The Bertz CT molecular complexity index is 795. The summed E-state index contributed by atoms with van der Waals surface area (Å²) < 4.78 is 20.5. The standard InChI is InChI=1S/C15H14FN3O/c1-19-13-7-9(16)3-6-12(13)18-15(19)11-5-4-10(17)8-14(11)20-2/h3-8H,17H2,1-2H3. The van der Waals surface area contributed by atoms with Gasteiger partial charge in [-0.15, -0.1) is 0 Å². The van der Waals surface area contributed by atoms with E-state index in [1.807, 2.05) is 17.7 Å². The van der Waals surface area contributed by atoms with Gasteiger partial charge in [-0.1, -0.05) is 0 Å². The molecular formula is C15H14FN3O. The van der Waals surface area contributed by atoms with E-state index in [2.05, 4.69) is 4.98 Å². The van der Waals surface area contributed by atoms with Crippen LogP contribution in [-0.4, -0.2) is 16.7 Å². The molecule has 1 aromatic heterocycles. The summed E-state index contributed by atoms with van der Waals surface area (Å²) in [5.74, 6) is 1.07. The van der Waals surface area contributed by atoms with Gasteiger partial charge in [0.15, 0.2) is 0 Å². The average Bonchev–Trinajstić information content (AvgIpc) is 2.76. The van der Waals surface area contributed by atoms with Crippen molar-refractivity contribution in [3.63, 3.8) is 0 Å². The Hall–Kier alpha value is -2.56. The highest BCUT2D eigenvalue weighted by Crippen LogP contribution is 2.32. The zero-order chi connectivity index (χ0) is 14.3. The number of hydrogen-bond donors (Lipinski definition) is 1. The molecule has 0 saturated carbocycles. The van der Waals surface area contributed by atoms with E-state index >= 15 is 0 Å². The third-order valence-electron chi connectivity index (χ3n) is 3.31. The van der Waals surface area contributed by atoms with E-state index in [1.54, 1.807) is 25.3 Å². The second kappa shape index (κ2) is 4.52. The molecule has 20 heavy (non-hydrogen) atoms. The number of hydrogen-bond acceptors (Lipinski definition) is 3. The topological polar surface area (TPSA) is 53.1 Å². The van der Waals surface area contributed by atoms with Crippen molar-refractivity contribution >= 4 is 16.7 Å². The third kappa shape index (κ3) is 1.87. The summed E-state index contributed by atoms with van der Waals surface area (Å²) in [6.07, 6.45) is 0. The highest BCUT2D eigenvalue weighted by molar-refractivity contribution is 5.82. The van der Waals surface area contributed by atoms with Crippen LogP contribution in [0.4, 0.5) is 10.1 Å². The van der Waals surface area contributed by atoms with Crippen LogP contribution in [0.25, 0.3) is 22.4 Å². The second-order valence-electron chi connectivity index (χ2n) is 4.59. The number of benzene rings is 2. The molecule has 0 spiro atoms. The fourth-order valence-corrected chi connectivity index (χ4v) is 2.30. The van der Waals surface area contributed by atoms with Gasteiger partial charge in [-0.25, -0.2) is 9.37 Å². The molecule has 2 aromatic carbocycles. The van der Waals surface area contributed by atoms with E-state index < -0.39 is 0 Å². The van der Waals surface area contributed by atoms with Crippen LogP contribution >= 0.6 is 0 Å². The fourth-order valence-electron chi connectivity index (χ4n) is 2.30. The van der Waals surface area contributed by atoms with Crippen LogP contribution < -0.4 is 10.5 Å². The van der Waals surface area contributed by atoms with E-state index in [0.29, 0.717) is 17.3 Å². The van der Waals surface area contributed by atoms with Gasteiger partial charge in [-0.05, 0) is 30.3 Å². The summed E-state index contributed by atoms with van der Waals surface area (Å²) in [5.41, 5.74) is 8.67. The number of methoxy groups -OCH3 is 1. The predicted molar refractivity (Wildman–Crippen MR) is 77.1 cm³/mol. The molecule has 0 unspecified atom stereocenters. The Kier molecular flexibility index (Phi) is 2.82. The Balaban J connectivity index is 2.27. The molecule has 4 nitrogen and oxygen atoms in total. The summed E-state index contributed by atoms with van der Waals surface area (Å²) in [6.45, 7) is 0. The number of imidazole rings is 1. The molecule has 3 aromatic rings. The van der Waals surface area contributed by atoms with Crippen molar-refractivity contribution < 1.29 is 9.13 Å². The number of nitrogens with two attached hydrogens (primary N) is 1. The lowest BCUT2D eigenvalue weighted by Crippen LogP contribution is -1.97. The monoisotopic (exact) mass is 271 g/mol. The van der Waals surface area contributed by atoms with E-state index in [1.165, 1.54) is 12.1 Å². The second-order valence-corrected chi connectivity index (χ2v) is 4.59. The number of rotatable bonds is 2. The Morgan fingerprint density at radius 2 is 2.00 bits per heavy atom. The van der Waals surface area contributed by atoms with Crippen LogP contribution in [0.1, 0.15) is 0 Å². The molecule has 0 bridgehead atoms. The molecule has 0 aliphatic heterocycles. The fraction of sp³-hybridized carbons (Fsp3) is 0.133. The number of nitrogens with zero attached hydrogens (tertiary/aromatic N) is 2. The van der Waals surface area contributed by atoms with Crippen molar-refractivity contribution in [2.75, 3.05) is 12.8 Å². The van der Waals surface area contributed by atoms with E-state index in [4.69, 9.17) is 10.5 Å². The SMILES string of the molecule is COc1cc(N)ccc1-c1nc2ccc(F)cc2n1C. The van der Waals surface area contributed by atoms with Crippen molar-refractivity contribution in [2.45, 2.75) is 0 Å². The molecule has 0 aliphatic carbocycles. The van der Waals surface area contributed by atoms with Gasteiger partial charge >= 0.3 is 0 Å². The first-order valence-corrected chi connectivity index (χ1v) is 6.16. The Labute approximate surface area is 115 Å². The summed E-state index contributed by atoms with van der Waals surface area (Å²) in [7, 11) is 3.43. The zero-order valence-corrected chi connectivity index (χ0v) is 11.2. The van der Waals surface area contributed by atoms with Crippen LogP contribution in [0.3, 0.4) is 0 Å². The van der Waals surface area contributed by atoms with Gasteiger partial charge in [-0.2, -0.15) is 0 Å². The minimum Gasteiger partial charge on any atom is -0.496 e. The van der Waals surface area contributed by atoms with Gasteiger partial charge in [-0.3, -0.25) is 0 Å². The minimum atomic E-state index is -0.281. The normalized spacial score (nSPS) is 10.9. The van der Waals surface area contributed by atoms with E-state index in [9.17, 15) is 4.39 Å². The minimum absolute atomic E-state index is 0.281. The van der Waals surface area contributed by atoms with Gasteiger partial charge in [0.1, 0.15) is 17.4 Å². The maximum absolute atomic E-state index is 13.3. The maximum Gasteiger partial charge on any atom is 0.144 e. The van der Waals surface area contributed by atoms with Crippen LogP contribution in [0.5, 0.6) is 5.75 Å². The summed E-state index contributed by atoms with van der Waals surface area (Å²) in [4.78, 5) is 4.54. The third-order valence-corrected chi connectivity index (χ3v) is 3.31. The molecule has 0 amide bonds. The lowest BCUT2D eigenvalue weighted by Gasteiger charge is -2.09. The molecular weight excluding hydrogens is 257 g/mol. The van der Waals surface area contributed by atoms with Gasteiger partial charge in [0.25, 0.3) is 0 Å². The van der Waals surface area contributed by atoms with E-state index in [-0.39, 0.29) is 5.82 Å². The van der Waals surface area contributed by atoms with Crippen LogP contribution in [0.2, 0.25) is 0 Å². The first-order valence-electron chi connectivity index (χ1n) is 6.16. The molecule has 2 N–H and O–H groups in total. The average molecular weight is 271 g/mol. The van der Waals surface area contributed by atoms with Crippen LogP contribution in [-0.2, 0) is 7.05 Å². The molecule has 102 valence electrons. The largest absolute Gasteiger partial charge is 0.496 e. The lowest BCUT2D eigenvalue weighted by atomic mass is 10.1. The van der Waals surface area contributed by atoms with E-state index in [0.717, 1.165) is 16.6 Å². The molecule has 0 atom stereocenters. The number of nitrogen functional groups attached to an aromatic ring is 1. The Morgan fingerprint density at radius 1 is 1.20 bits per heavy atom. The van der Waals surface area contributed by atoms with Crippen LogP contribution in [0, 0.1) is 5.82 Å². The van der Waals surface area contributed by atoms with Crippen molar-refractivity contribution in [1.82, 2.24) is 9.55 Å². The van der Waals surface area contributed by atoms with Crippen LogP contribution in [0.15, 0.2) is 36.4 Å². The highest BCUT2D eigenvalue weighted by Gasteiger charge is 2.14. The van der Waals surface area contributed by atoms with Gasteiger partial charge in [0.05, 0.1) is 23.7 Å². The zero-order valence-electron chi connectivity index (χ0n) is 11.2. The van der Waals surface area contributed by atoms with Gasteiger partial charge < -0.3 is 15.0 Å². The molecule has 5 heteroatoms. The first kappa shape index (κ1) is 12.5. The summed E-state index contributed by atoms with van der Waals surface area (Å²) in [6, 6.07) is 9.92. The van der Waals surface area contributed by atoms with Crippen molar-refractivity contribution in [2.24, 2.45) is 7.05 Å². The molecule has 0 saturated heterocycles. The number of aryl methyl sites for hydroxylation is 1. The molecule has 1 heterocycles. The summed E-state index contributed by atoms with van der Waals surface area (Å²) in [5, 5.41) is 0. The molecule has 0 fully saturated rings. The molecule has 3 rings (SSSR count). The number of fused-ring (bicyclic) bond motifs is 1. The summed E-state index contributed by atoms with van der Waals surface area (Å²) >= 11 is 0. The lowest BCUT2D eigenvalue weighted by molar-refractivity contribution is 0.416. The van der Waals surface area contributed by atoms with Crippen molar-refractivity contribution in [3.8, 4) is 17.1 Å². The first-order chi connectivity index (χ1) is 9.60. The van der Waals surface area contributed by atoms with Gasteiger partial charge in [0, 0.05) is 18.8 Å². The van der Waals surface area contributed by atoms with Crippen molar-refractivity contribution in [3.05, 3.63) is 42.2 Å². The number of halogens is 1. The molecule has 0 radical (unpaired) electrons. The number of aromatic nitrogens is 2. The molecule has 0 aliphatic rings. The predicted octanol–water partition coefficient (Wildman–Crippen LogP) is 2.97. The number of anilines is 1.